The largest absolute Gasteiger partial charge is 0.405 e. The molecule has 1 heterocycles. The molecule has 5 N–H and O–H groups in total. The maximum absolute atomic E-state index is 13.4. The van der Waals surface area contributed by atoms with E-state index in [0.717, 1.165) is 12.1 Å². The standard InChI is InChI=1S/C23H19F5N4O3/c1-11-4-16(32-22(35)19(33)12-5-14(24)8-15(25)6-12)2-3-17(11)13-7-18(20(29)30-9-13)21(34)31-10-23(26,27)28/h2-9,19,33H,10H2,1H3,(H2,29,30)(H,31,34)(H,32,35)/t19-/m1/s1. The van der Waals surface area contributed by atoms with Crippen LogP contribution in [0.4, 0.5) is 33.5 Å². The predicted octanol–water partition coefficient (Wildman–Crippen LogP) is 3.88. The van der Waals surface area contributed by atoms with Crippen molar-refractivity contribution in [3.05, 3.63) is 77.0 Å². The number of nitrogen functional groups attached to an aromatic ring is 1. The van der Waals surface area contributed by atoms with Crippen molar-refractivity contribution in [1.29, 1.82) is 0 Å². The number of hydrogen-bond acceptors (Lipinski definition) is 5. The number of carbonyl (C=O) groups is 2. The first-order valence-corrected chi connectivity index (χ1v) is 10.0. The van der Waals surface area contributed by atoms with E-state index >= 15 is 0 Å². The van der Waals surface area contributed by atoms with Gasteiger partial charge in [-0.3, -0.25) is 9.59 Å². The fraction of sp³-hybridized carbons (Fsp3) is 0.174. The molecule has 0 aliphatic heterocycles. The lowest BCUT2D eigenvalue weighted by Crippen LogP contribution is -2.34. The van der Waals surface area contributed by atoms with Gasteiger partial charge in [0.05, 0.1) is 5.56 Å². The number of hydrogen-bond donors (Lipinski definition) is 4. The Hall–Kier alpha value is -4.06. The Bertz CT molecular complexity index is 1260. The number of pyridine rings is 1. The minimum absolute atomic E-state index is 0.242. The third kappa shape index (κ3) is 6.51. The Balaban J connectivity index is 1.79. The first kappa shape index (κ1) is 25.6. The lowest BCUT2D eigenvalue weighted by atomic mass is 9.99. The number of anilines is 2. The molecule has 7 nitrogen and oxygen atoms in total. The number of aliphatic hydroxyl groups is 1. The smallest absolute Gasteiger partial charge is 0.383 e. The average Bonchev–Trinajstić information content (AvgIpc) is 2.76. The van der Waals surface area contributed by atoms with E-state index in [-0.39, 0.29) is 22.6 Å². The molecule has 184 valence electrons. The molecule has 35 heavy (non-hydrogen) atoms. The lowest BCUT2D eigenvalue weighted by molar-refractivity contribution is -0.124. The van der Waals surface area contributed by atoms with Gasteiger partial charge in [0.15, 0.2) is 6.10 Å². The molecule has 3 rings (SSSR count). The number of nitrogens with two attached hydrogens (primary N) is 1. The first-order chi connectivity index (χ1) is 16.3. The van der Waals surface area contributed by atoms with E-state index in [0.29, 0.717) is 22.8 Å². The van der Waals surface area contributed by atoms with E-state index in [4.69, 9.17) is 5.73 Å². The van der Waals surface area contributed by atoms with E-state index in [2.05, 4.69) is 10.3 Å². The summed E-state index contributed by atoms with van der Waals surface area (Å²) in [5.74, 6) is -4.12. The summed E-state index contributed by atoms with van der Waals surface area (Å²) in [6.45, 7) is 0.125. The van der Waals surface area contributed by atoms with Crippen LogP contribution in [0, 0.1) is 18.6 Å². The molecule has 0 aliphatic carbocycles. The highest BCUT2D eigenvalue weighted by Gasteiger charge is 2.28. The van der Waals surface area contributed by atoms with Crippen LogP contribution in [-0.4, -0.2) is 34.6 Å². The van der Waals surface area contributed by atoms with Gasteiger partial charge in [-0.05, 0) is 53.9 Å². The first-order valence-electron chi connectivity index (χ1n) is 10.0. The molecule has 0 saturated heterocycles. The third-order valence-corrected chi connectivity index (χ3v) is 4.87. The van der Waals surface area contributed by atoms with Crippen LogP contribution in [0.15, 0.2) is 48.7 Å². The van der Waals surface area contributed by atoms with Crippen molar-refractivity contribution in [3.8, 4) is 11.1 Å². The molecule has 1 aromatic heterocycles. The Morgan fingerprint density at radius 2 is 1.74 bits per heavy atom. The third-order valence-electron chi connectivity index (χ3n) is 4.87. The maximum atomic E-state index is 13.4. The van der Waals surface area contributed by atoms with Gasteiger partial charge < -0.3 is 21.5 Å². The van der Waals surface area contributed by atoms with Crippen LogP contribution in [-0.2, 0) is 4.79 Å². The number of benzene rings is 2. The normalized spacial score (nSPS) is 12.2. The summed E-state index contributed by atoms with van der Waals surface area (Å²) in [5.41, 5.74) is 6.87. The van der Waals surface area contributed by atoms with Crippen molar-refractivity contribution >= 4 is 23.3 Å². The Morgan fingerprint density at radius 3 is 2.34 bits per heavy atom. The van der Waals surface area contributed by atoms with Crippen LogP contribution in [0.3, 0.4) is 0 Å². The Labute approximate surface area is 195 Å². The molecule has 0 fully saturated rings. The van der Waals surface area contributed by atoms with Crippen molar-refractivity contribution in [3.63, 3.8) is 0 Å². The SMILES string of the molecule is Cc1cc(NC(=O)[C@H](O)c2cc(F)cc(F)c2)ccc1-c1cnc(N)c(C(=O)NCC(F)(F)F)c1. The number of rotatable bonds is 6. The number of nitrogens with one attached hydrogen (secondary N) is 2. The Kier molecular flexibility index (Phi) is 7.34. The summed E-state index contributed by atoms with van der Waals surface area (Å²) in [6, 6.07) is 8.08. The highest BCUT2D eigenvalue weighted by molar-refractivity contribution is 5.99. The van der Waals surface area contributed by atoms with Gasteiger partial charge in [0.2, 0.25) is 0 Å². The van der Waals surface area contributed by atoms with Crippen molar-refractivity contribution < 1.29 is 36.6 Å². The van der Waals surface area contributed by atoms with Gasteiger partial charge in [-0.2, -0.15) is 13.2 Å². The number of halogens is 5. The second-order valence-corrected chi connectivity index (χ2v) is 7.58. The summed E-state index contributed by atoms with van der Waals surface area (Å²) in [4.78, 5) is 28.3. The zero-order valence-corrected chi connectivity index (χ0v) is 18.1. The second kappa shape index (κ2) is 10.1. The highest BCUT2D eigenvalue weighted by atomic mass is 19.4. The summed E-state index contributed by atoms with van der Waals surface area (Å²) < 4.78 is 63.9. The van der Waals surface area contributed by atoms with Crippen molar-refractivity contribution in [2.45, 2.75) is 19.2 Å². The van der Waals surface area contributed by atoms with E-state index in [1.165, 1.54) is 24.4 Å². The number of carbonyl (C=O) groups excluding carboxylic acids is 2. The van der Waals surface area contributed by atoms with Crippen LogP contribution in [0.1, 0.15) is 27.6 Å². The van der Waals surface area contributed by atoms with Gasteiger partial charge in [0.25, 0.3) is 11.8 Å². The molecule has 0 radical (unpaired) electrons. The topological polar surface area (TPSA) is 117 Å². The monoisotopic (exact) mass is 494 g/mol. The minimum Gasteiger partial charge on any atom is -0.383 e. The number of aryl methyl sites for hydroxylation is 1. The number of aliphatic hydroxyl groups excluding tert-OH is 1. The number of aromatic nitrogens is 1. The lowest BCUT2D eigenvalue weighted by Gasteiger charge is -2.14. The number of amides is 2. The fourth-order valence-electron chi connectivity index (χ4n) is 3.24. The fourth-order valence-corrected chi connectivity index (χ4v) is 3.24. The van der Waals surface area contributed by atoms with Crippen LogP contribution < -0.4 is 16.4 Å². The molecule has 2 amide bonds. The van der Waals surface area contributed by atoms with Crippen LogP contribution in [0.25, 0.3) is 11.1 Å². The van der Waals surface area contributed by atoms with E-state index in [9.17, 15) is 36.6 Å². The van der Waals surface area contributed by atoms with Gasteiger partial charge >= 0.3 is 6.18 Å². The summed E-state index contributed by atoms with van der Waals surface area (Å²) >= 11 is 0. The van der Waals surface area contributed by atoms with Crippen molar-refractivity contribution in [2.24, 2.45) is 0 Å². The highest BCUT2D eigenvalue weighted by Crippen LogP contribution is 2.28. The molecule has 12 heteroatoms. The van der Waals surface area contributed by atoms with Crippen molar-refractivity contribution in [1.82, 2.24) is 10.3 Å². The van der Waals surface area contributed by atoms with Crippen LogP contribution >= 0.6 is 0 Å². The van der Waals surface area contributed by atoms with Crippen LogP contribution in [0.5, 0.6) is 0 Å². The van der Waals surface area contributed by atoms with Gasteiger partial charge in [0, 0.05) is 23.5 Å². The molecule has 0 spiro atoms. The van der Waals surface area contributed by atoms with E-state index in [1.807, 2.05) is 0 Å². The van der Waals surface area contributed by atoms with Gasteiger partial charge in [-0.25, -0.2) is 13.8 Å². The molecular formula is C23H19F5N4O3. The van der Waals surface area contributed by atoms with E-state index in [1.54, 1.807) is 18.3 Å². The number of nitrogens with zero attached hydrogens (tertiary/aromatic N) is 1. The molecule has 0 bridgehead atoms. The summed E-state index contributed by atoms with van der Waals surface area (Å²) in [7, 11) is 0. The predicted molar refractivity (Wildman–Crippen MR) is 117 cm³/mol. The molecule has 0 unspecified atom stereocenters. The second-order valence-electron chi connectivity index (χ2n) is 7.58. The van der Waals surface area contributed by atoms with Crippen molar-refractivity contribution in [2.75, 3.05) is 17.6 Å². The zero-order chi connectivity index (χ0) is 25.9. The van der Waals surface area contributed by atoms with Gasteiger partial charge in [-0.1, -0.05) is 6.07 Å². The Morgan fingerprint density at radius 1 is 1.09 bits per heavy atom. The minimum atomic E-state index is -4.59. The van der Waals surface area contributed by atoms with E-state index < -0.39 is 42.3 Å². The maximum Gasteiger partial charge on any atom is 0.405 e. The number of alkyl halides is 3. The van der Waals surface area contributed by atoms with Crippen LogP contribution in [0.2, 0.25) is 0 Å². The molecular weight excluding hydrogens is 475 g/mol. The average molecular weight is 494 g/mol. The van der Waals surface area contributed by atoms with Gasteiger partial charge in [0.1, 0.15) is 24.0 Å². The van der Waals surface area contributed by atoms with Gasteiger partial charge in [-0.15, -0.1) is 0 Å². The molecule has 0 aliphatic rings. The molecule has 0 saturated carbocycles. The molecule has 3 aromatic rings. The summed E-state index contributed by atoms with van der Waals surface area (Å²) in [6.07, 6.45) is -5.10. The zero-order valence-electron chi connectivity index (χ0n) is 18.1. The summed E-state index contributed by atoms with van der Waals surface area (Å²) in [5, 5.41) is 14.3. The molecule has 2 aromatic carbocycles. The molecule has 1 atom stereocenters. The quantitative estimate of drug-likeness (QED) is 0.388.